The zero-order valence-corrected chi connectivity index (χ0v) is 16.1. The van der Waals surface area contributed by atoms with Crippen LogP contribution in [0.1, 0.15) is 36.7 Å². The molecule has 0 heterocycles. The average molecular weight is 400 g/mol. The Bertz CT molecular complexity index is 930. The van der Waals surface area contributed by atoms with Gasteiger partial charge in [0.05, 0.1) is 5.56 Å². The molecule has 2 rings (SSSR count). The normalized spacial score (nSPS) is 11.3. The molecule has 0 saturated heterocycles. The van der Waals surface area contributed by atoms with Crippen LogP contribution in [0, 0.1) is 0 Å². The number of Topliss-reactive ketones (excluding diaryl/α,β-unsaturated/α-hetero) is 1. The number of hydrogen-bond donors (Lipinski definition) is 1. The number of benzene rings is 2. The van der Waals surface area contributed by atoms with Gasteiger partial charge in [-0.05, 0) is 29.8 Å². The molecular weight excluding hydrogens is 380 g/mol. The third-order valence-electron chi connectivity index (χ3n) is 3.70. The minimum absolute atomic E-state index is 0.0455. The number of hydrogen-bond acceptors (Lipinski definition) is 8. The van der Waals surface area contributed by atoms with Gasteiger partial charge in [-0.25, -0.2) is 0 Å². The molecule has 0 aliphatic carbocycles. The topological polar surface area (TPSA) is 116 Å². The highest BCUT2D eigenvalue weighted by Crippen LogP contribution is 2.26. The summed E-state index contributed by atoms with van der Waals surface area (Å²) in [6.07, 6.45) is -1.14. The first kappa shape index (κ1) is 21.6. The Hall–Kier alpha value is -3.68. The molecule has 29 heavy (non-hydrogen) atoms. The van der Waals surface area contributed by atoms with E-state index in [0.29, 0.717) is 11.3 Å². The maximum atomic E-state index is 12.8. The fourth-order valence-corrected chi connectivity index (χ4v) is 2.58. The third kappa shape index (κ3) is 6.46. The summed E-state index contributed by atoms with van der Waals surface area (Å²) in [5.41, 5.74) is 0.570. The fourth-order valence-electron chi connectivity index (χ4n) is 2.58. The molecule has 0 bridgehead atoms. The zero-order valence-electron chi connectivity index (χ0n) is 16.1. The number of aromatic hydroxyl groups is 1. The fraction of sp³-hybridized carbons (Fsp3) is 0.238. The van der Waals surface area contributed by atoms with Gasteiger partial charge in [0, 0.05) is 33.3 Å². The van der Waals surface area contributed by atoms with Crippen molar-refractivity contribution in [3.8, 4) is 17.2 Å². The molecule has 1 atom stereocenters. The maximum Gasteiger partial charge on any atom is 0.308 e. The largest absolute Gasteiger partial charge is 0.507 e. The molecule has 0 aliphatic heterocycles. The summed E-state index contributed by atoms with van der Waals surface area (Å²) >= 11 is 0. The molecule has 0 aromatic heterocycles. The van der Waals surface area contributed by atoms with E-state index in [0.717, 1.165) is 6.07 Å². The first-order valence-electron chi connectivity index (χ1n) is 8.66. The average Bonchev–Trinajstić information content (AvgIpc) is 2.61. The SMILES string of the molecule is CC(=O)Oc1ccc(CC(OC(C)=O)C(=O)c2ccc(OC(C)=O)cc2O)cc1. The van der Waals surface area contributed by atoms with E-state index in [-0.39, 0.29) is 17.7 Å². The van der Waals surface area contributed by atoms with Crippen molar-refractivity contribution in [2.45, 2.75) is 33.3 Å². The Balaban J connectivity index is 2.23. The summed E-state index contributed by atoms with van der Waals surface area (Å²) in [6, 6.07) is 10.1. The van der Waals surface area contributed by atoms with Crippen molar-refractivity contribution < 1.29 is 38.5 Å². The van der Waals surface area contributed by atoms with Gasteiger partial charge in [-0.15, -0.1) is 0 Å². The van der Waals surface area contributed by atoms with E-state index in [1.807, 2.05) is 0 Å². The second kappa shape index (κ2) is 9.50. The molecule has 0 fully saturated rings. The molecule has 152 valence electrons. The van der Waals surface area contributed by atoms with E-state index in [1.165, 1.54) is 32.9 Å². The number of carbonyl (C=O) groups excluding carboxylic acids is 4. The molecule has 1 N–H and O–H groups in total. The van der Waals surface area contributed by atoms with Gasteiger partial charge in [-0.1, -0.05) is 12.1 Å². The van der Waals surface area contributed by atoms with Crippen molar-refractivity contribution in [3.05, 3.63) is 53.6 Å². The molecule has 0 aliphatic rings. The first-order chi connectivity index (χ1) is 13.7. The van der Waals surface area contributed by atoms with Crippen LogP contribution >= 0.6 is 0 Å². The number of rotatable bonds is 7. The molecule has 2 aromatic carbocycles. The van der Waals surface area contributed by atoms with Crippen LogP contribution in [0.4, 0.5) is 0 Å². The van der Waals surface area contributed by atoms with E-state index in [1.54, 1.807) is 24.3 Å². The summed E-state index contributed by atoms with van der Waals surface area (Å²) in [6.45, 7) is 3.66. The van der Waals surface area contributed by atoms with Gasteiger partial charge in [-0.2, -0.15) is 0 Å². The van der Waals surface area contributed by atoms with Crippen molar-refractivity contribution in [1.29, 1.82) is 0 Å². The first-order valence-corrected chi connectivity index (χ1v) is 8.66. The summed E-state index contributed by atoms with van der Waals surface area (Å²) in [5, 5.41) is 10.1. The highest BCUT2D eigenvalue weighted by molar-refractivity contribution is 6.02. The Kier molecular flexibility index (Phi) is 7.08. The van der Waals surface area contributed by atoms with E-state index in [2.05, 4.69) is 0 Å². The Morgan fingerprint density at radius 3 is 1.90 bits per heavy atom. The van der Waals surface area contributed by atoms with E-state index in [4.69, 9.17) is 14.2 Å². The molecular formula is C21H20O8. The lowest BCUT2D eigenvalue weighted by molar-refractivity contribution is -0.144. The van der Waals surface area contributed by atoms with Crippen LogP contribution in [0.3, 0.4) is 0 Å². The Morgan fingerprint density at radius 1 is 0.828 bits per heavy atom. The zero-order chi connectivity index (χ0) is 21.6. The molecule has 0 radical (unpaired) electrons. The van der Waals surface area contributed by atoms with Crippen LogP contribution in [0.2, 0.25) is 0 Å². The lowest BCUT2D eigenvalue weighted by Gasteiger charge is -2.17. The highest BCUT2D eigenvalue weighted by Gasteiger charge is 2.26. The Labute approximate surface area is 167 Å². The molecule has 0 amide bonds. The van der Waals surface area contributed by atoms with Crippen molar-refractivity contribution in [2.75, 3.05) is 0 Å². The van der Waals surface area contributed by atoms with Gasteiger partial charge in [0.25, 0.3) is 0 Å². The minimum atomic E-state index is -1.18. The van der Waals surface area contributed by atoms with Gasteiger partial charge in [0.15, 0.2) is 6.10 Å². The highest BCUT2D eigenvalue weighted by atomic mass is 16.5. The van der Waals surface area contributed by atoms with Crippen molar-refractivity contribution in [2.24, 2.45) is 0 Å². The van der Waals surface area contributed by atoms with Crippen LogP contribution < -0.4 is 9.47 Å². The Morgan fingerprint density at radius 2 is 1.38 bits per heavy atom. The summed E-state index contributed by atoms with van der Waals surface area (Å²) in [7, 11) is 0. The van der Waals surface area contributed by atoms with Crippen LogP contribution in [0.25, 0.3) is 0 Å². The van der Waals surface area contributed by atoms with Crippen LogP contribution in [0.5, 0.6) is 17.2 Å². The predicted molar refractivity (Wildman–Crippen MR) is 101 cm³/mol. The van der Waals surface area contributed by atoms with Gasteiger partial charge in [0.1, 0.15) is 17.2 Å². The lowest BCUT2D eigenvalue weighted by Crippen LogP contribution is -2.29. The number of ether oxygens (including phenoxy) is 3. The van der Waals surface area contributed by atoms with Crippen LogP contribution in [0.15, 0.2) is 42.5 Å². The molecule has 8 nitrogen and oxygen atoms in total. The van der Waals surface area contributed by atoms with E-state index >= 15 is 0 Å². The van der Waals surface area contributed by atoms with E-state index < -0.39 is 35.5 Å². The van der Waals surface area contributed by atoms with Gasteiger partial charge in [0.2, 0.25) is 5.78 Å². The van der Waals surface area contributed by atoms with Crippen molar-refractivity contribution in [3.63, 3.8) is 0 Å². The van der Waals surface area contributed by atoms with Crippen molar-refractivity contribution in [1.82, 2.24) is 0 Å². The van der Waals surface area contributed by atoms with Gasteiger partial charge >= 0.3 is 17.9 Å². The number of ketones is 1. The molecule has 2 aromatic rings. The van der Waals surface area contributed by atoms with Crippen LogP contribution in [-0.2, 0) is 25.5 Å². The summed E-state index contributed by atoms with van der Waals surface area (Å²) < 4.78 is 15.0. The lowest BCUT2D eigenvalue weighted by atomic mass is 9.99. The van der Waals surface area contributed by atoms with E-state index in [9.17, 15) is 24.3 Å². The molecule has 1 unspecified atom stereocenters. The molecule has 8 heteroatoms. The number of phenolic OH excluding ortho intramolecular Hbond substituents is 1. The number of phenols is 1. The predicted octanol–water partition coefficient (Wildman–Crippen LogP) is 2.60. The van der Waals surface area contributed by atoms with Crippen LogP contribution in [-0.4, -0.2) is 34.9 Å². The maximum absolute atomic E-state index is 12.8. The third-order valence-corrected chi connectivity index (χ3v) is 3.70. The van der Waals surface area contributed by atoms with Gasteiger partial charge in [-0.3, -0.25) is 19.2 Å². The van der Waals surface area contributed by atoms with Gasteiger partial charge < -0.3 is 19.3 Å². The quantitative estimate of drug-likeness (QED) is 0.428. The monoisotopic (exact) mass is 400 g/mol. The summed E-state index contributed by atoms with van der Waals surface area (Å²) in [4.78, 5) is 46.3. The second-order valence-electron chi connectivity index (χ2n) is 6.18. The number of esters is 3. The molecule has 0 spiro atoms. The minimum Gasteiger partial charge on any atom is -0.507 e. The second-order valence-corrected chi connectivity index (χ2v) is 6.18. The molecule has 0 saturated carbocycles. The smallest absolute Gasteiger partial charge is 0.308 e. The number of carbonyl (C=O) groups is 4. The van der Waals surface area contributed by atoms with Crippen molar-refractivity contribution >= 4 is 23.7 Å². The summed E-state index contributed by atoms with van der Waals surface area (Å²) in [5.74, 6) is -2.29. The standard InChI is InChI=1S/C21H20O8/c1-12(22)27-16-6-4-15(5-7-16)10-20(29-14(3)24)21(26)18-9-8-17(11-19(18)25)28-13(2)23/h4-9,11,20,25H,10H2,1-3H3.